The van der Waals surface area contributed by atoms with Gasteiger partial charge in [-0.2, -0.15) is 0 Å². The van der Waals surface area contributed by atoms with Gasteiger partial charge in [-0.1, -0.05) is 48.0 Å². The van der Waals surface area contributed by atoms with Gasteiger partial charge < -0.3 is 10.3 Å². The Labute approximate surface area is 186 Å². The maximum atomic E-state index is 12.7. The van der Waals surface area contributed by atoms with E-state index < -0.39 is 0 Å². The zero-order chi connectivity index (χ0) is 21.1. The van der Waals surface area contributed by atoms with Gasteiger partial charge in [-0.25, -0.2) is 4.98 Å². The Hall–Kier alpha value is -2.61. The van der Waals surface area contributed by atoms with Gasteiger partial charge in [0.25, 0.3) is 5.56 Å². The van der Waals surface area contributed by atoms with Crippen LogP contribution in [0.15, 0.2) is 58.7 Å². The average molecular weight is 456 g/mol. The molecule has 1 amide bonds. The molecule has 0 aliphatic heterocycles. The Morgan fingerprint density at radius 2 is 2.03 bits per heavy atom. The lowest BCUT2D eigenvalue weighted by atomic mass is 10.1. The van der Waals surface area contributed by atoms with Crippen molar-refractivity contribution in [3.63, 3.8) is 0 Å². The van der Waals surface area contributed by atoms with Gasteiger partial charge in [-0.3, -0.25) is 9.59 Å². The fraction of sp³-hybridized carbons (Fsp3) is 0.136. The van der Waals surface area contributed by atoms with Crippen molar-refractivity contribution in [2.45, 2.75) is 12.7 Å². The van der Waals surface area contributed by atoms with Gasteiger partial charge in [0.15, 0.2) is 0 Å². The van der Waals surface area contributed by atoms with Crippen LogP contribution in [0.3, 0.4) is 0 Å². The number of amides is 1. The minimum atomic E-state index is -0.158. The van der Waals surface area contributed by atoms with Gasteiger partial charge in [0.1, 0.15) is 10.7 Å². The molecule has 0 saturated carbocycles. The fourth-order valence-electron chi connectivity index (χ4n) is 3.05. The second-order valence-corrected chi connectivity index (χ2v) is 8.99. The van der Waals surface area contributed by atoms with Crippen LogP contribution in [0.2, 0.25) is 5.02 Å². The van der Waals surface area contributed by atoms with Gasteiger partial charge in [0.2, 0.25) is 5.91 Å². The van der Waals surface area contributed by atoms with Crippen LogP contribution in [0.4, 0.5) is 5.69 Å². The molecule has 4 aromatic rings. The summed E-state index contributed by atoms with van der Waals surface area (Å²) in [7, 11) is 0. The monoisotopic (exact) mass is 455 g/mol. The van der Waals surface area contributed by atoms with Crippen LogP contribution in [0.5, 0.6) is 0 Å². The molecule has 0 saturated heterocycles. The van der Waals surface area contributed by atoms with Crippen LogP contribution < -0.4 is 10.9 Å². The molecule has 2 aromatic carbocycles. The summed E-state index contributed by atoms with van der Waals surface area (Å²) >= 11 is 8.83. The van der Waals surface area contributed by atoms with Crippen LogP contribution in [0.25, 0.3) is 21.3 Å². The van der Waals surface area contributed by atoms with Crippen molar-refractivity contribution in [3.05, 3.63) is 80.7 Å². The summed E-state index contributed by atoms with van der Waals surface area (Å²) in [6.45, 7) is 1.91. The molecule has 2 heterocycles. The van der Waals surface area contributed by atoms with Crippen molar-refractivity contribution in [1.82, 2.24) is 9.97 Å². The number of halogens is 1. The number of aryl methyl sites for hydroxylation is 1. The molecule has 30 heavy (non-hydrogen) atoms. The predicted octanol–water partition coefficient (Wildman–Crippen LogP) is 5.49. The highest BCUT2D eigenvalue weighted by Gasteiger charge is 2.13. The van der Waals surface area contributed by atoms with Gasteiger partial charge >= 0.3 is 0 Å². The molecule has 5 nitrogen and oxygen atoms in total. The van der Waals surface area contributed by atoms with E-state index >= 15 is 0 Å². The van der Waals surface area contributed by atoms with Crippen molar-refractivity contribution in [3.8, 4) is 11.1 Å². The molecule has 0 fully saturated rings. The molecule has 8 heteroatoms. The predicted molar refractivity (Wildman–Crippen MR) is 127 cm³/mol. The number of nitrogens with zero attached hydrogens (tertiary/aromatic N) is 1. The summed E-state index contributed by atoms with van der Waals surface area (Å²) in [5, 5.41) is 6.00. The van der Waals surface area contributed by atoms with Crippen LogP contribution >= 0.6 is 34.7 Å². The van der Waals surface area contributed by atoms with Crippen molar-refractivity contribution in [1.29, 1.82) is 0 Å². The van der Waals surface area contributed by atoms with Crippen molar-refractivity contribution >= 4 is 56.5 Å². The third-order valence-corrected chi connectivity index (χ3v) is 6.57. The van der Waals surface area contributed by atoms with E-state index in [2.05, 4.69) is 15.3 Å². The number of fused-ring (bicyclic) bond motifs is 1. The maximum Gasteiger partial charge on any atom is 0.260 e. The highest BCUT2D eigenvalue weighted by molar-refractivity contribution is 7.99. The van der Waals surface area contributed by atoms with Gasteiger partial charge in [-0.05, 0) is 30.2 Å². The number of benzene rings is 2. The van der Waals surface area contributed by atoms with E-state index in [0.717, 1.165) is 16.7 Å². The molecule has 0 aliphatic rings. The number of aromatic amines is 1. The third-order valence-electron chi connectivity index (χ3n) is 4.52. The number of anilines is 1. The van der Waals surface area contributed by atoms with E-state index in [1.165, 1.54) is 23.1 Å². The topological polar surface area (TPSA) is 74.8 Å². The molecule has 4 rings (SSSR count). The number of thioether (sulfide) groups is 1. The quantitative estimate of drug-likeness (QED) is 0.403. The van der Waals surface area contributed by atoms with E-state index in [1.807, 2.05) is 48.7 Å². The fourth-order valence-corrected chi connectivity index (χ4v) is 4.88. The number of hydrogen-bond donors (Lipinski definition) is 2. The Morgan fingerprint density at radius 3 is 2.83 bits per heavy atom. The zero-order valence-electron chi connectivity index (χ0n) is 16.1. The number of rotatable bonds is 6. The van der Waals surface area contributed by atoms with Crippen molar-refractivity contribution in [2.24, 2.45) is 0 Å². The summed E-state index contributed by atoms with van der Waals surface area (Å²) in [4.78, 5) is 33.1. The number of hydrogen-bond acceptors (Lipinski definition) is 5. The van der Waals surface area contributed by atoms with Crippen molar-refractivity contribution < 1.29 is 4.79 Å². The first-order valence-corrected chi connectivity index (χ1v) is 11.6. The number of H-pyrrole nitrogens is 1. The number of thiophene rings is 1. The Morgan fingerprint density at radius 1 is 1.23 bits per heavy atom. The lowest BCUT2D eigenvalue weighted by Crippen LogP contribution is -2.16. The SMILES string of the molecule is Cc1ccc(Cl)cc1NC(=O)CSCc1nc2scc(-c3ccccc3)c2c(=O)[nH]1. The van der Waals surface area contributed by atoms with Gasteiger partial charge in [0.05, 0.1) is 16.9 Å². The molecule has 0 atom stereocenters. The normalized spacial score (nSPS) is 11.0. The molecular weight excluding hydrogens is 438 g/mol. The highest BCUT2D eigenvalue weighted by Crippen LogP contribution is 2.30. The standard InChI is InChI=1S/C22H18ClN3O2S2/c1-13-7-8-15(23)9-17(13)24-19(27)12-29-11-18-25-21(28)20-16(10-30-22(20)26-18)14-5-3-2-4-6-14/h2-10H,11-12H2,1H3,(H,24,27)(H,25,26,28). The minimum Gasteiger partial charge on any atom is -0.325 e. The lowest BCUT2D eigenvalue weighted by Gasteiger charge is -2.08. The molecule has 0 spiro atoms. The van der Waals surface area contributed by atoms with Crippen LogP contribution in [0, 0.1) is 6.92 Å². The number of nitrogens with one attached hydrogen (secondary N) is 2. The Kier molecular flexibility index (Phi) is 6.22. The first kappa shape index (κ1) is 20.7. The summed E-state index contributed by atoms with van der Waals surface area (Å²) in [6.07, 6.45) is 0. The molecule has 0 unspecified atom stereocenters. The molecule has 2 N–H and O–H groups in total. The first-order valence-electron chi connectivity index (χ1n) is 9.21. The van der Waals surface area contributed by atoms with E-state index in [9.17, 15) is 9.59 Å². The molecular formula is C22H18ClN3O2S2. The molecule has 0 aliphatic carbocycles. The molecule has 0 bridgehead atoms. The number of carbonyl (C=O) groups is 1. The van der Waals surface area contributed by atoms with E-state index in [0.29, 0.717) is 32.5 Å². The number of aromatic nitrogens is 2. The van der Waals surface area contributed by atoms with Crippen LogP contribution in [-0.2, 0) is 10.5 Å². The summed E-state index contributed by atoms with van der Waals surface area (Å²) in [5.41, 5.74) is 3.37. The van der Waals surface area contributed by atoms with E-state index in [-0.39, 0.29) is 17.2 Å². The molecule has 2 aromatic heterocycles. The lowest BCUT2D eigenvalue weighted by molar-refractivity contribution is -0.113. The molecule has 152 valence electrons. The van der Waals surface area contributed by atoms with Gasteiger partial charge in [-0.15, -0.1) is 23.1 Å². The van der Waals surface area contributed by atoms with Crippen LogP contribution in [0.1, 0.15) is 11.4 Å². The first-order chi connectivity index (χ1) is 14.5. The zero-order valence-corrected chi connectivity index (χ0v) is 18.5. The smallest absolute Gasteiger partial charge is 0.260 e. The second-order valence-electron chi connectivity index (χ2n) is 6.71. The summed E-state index contributed by atoms with van der Waals surface area (Å²) in [6, 6.07) is 15.2. The van der Waals surface area contributed by atoms with Gasteiger partial charge in [0, 0.05) is 21.7 Å². The van der Waals surface area contributed by atoms with E-state index in [4.69, 9.17) is 11.6 Å². The second kappa shape index (κ2) is 9.04. The van der Waals surface area contributed by atoms with E-state index in [1.54, 1.807) is 12.1 Å². The number of carbonyl (C=O) groups excluding carboxylic acids is 1. The highest BCUT2D eigenvalue weighted by atomic mass is 35.5. The van der Waals surface area contributed by atoms with Crippen molar-refractivity contribution in [2.75, 3.05) is 11.1 Å². The molecule has 0 radical (unpaired) electrons. The minimum absolute atomic E-state index is 0.128. The van der Waals surface area contributed by atoms with Crippen LogP contribution in [-0.4, -0.2) is 21.6 Å². The largest absolute Gasteiger partial charge is 0.325 e. The summed E-state index contributed by atoms with van der Waals surface area (Å²) in [5.74, 6) is 1.11. The Bertz CT molecular complexity index is 1270. The summed E-state index contributed by atoms with van der Waals surface area (Å²) < 4.78 is 0. The maximum absolute atomic E-state index is 12.7. The third kappa shape index (κ3) is 4.59. The average Bonchev–Trinajstić information content (AvgIpc) is 3.16. The Balaban J connectivity index is 1.43.